The minimum atomic E-state index is -0.208. The topological polar surface area (TPSA) is 71.5 Å². The van der Waals surface area contributed by atoms with E-state index in [1.807, 2.05) is 0 Å². The van der Waals surface area contributed by atoms with E-state index in [1.54, 1.807) is 7.11 Å². The largest absolute Gasteiger partial charge is 0.506 e. The van der Waals surface area contributed by atoms with Gasteiger partial charge in [-0.15, -0.1) is 0 Å². The van der Waals surface area contributed by atoms with Gasteiger partial charge in [0.2, 0.25) is 0 Å². The molecule has 0 spiro atoms. The van der Waals surface area contributed by atoms with Gasteiger partial charge in [0, 0.05) is 26.5 Å². The van der Waals surface area contributed by atoms with Crippen LogP contribution in [0.5, 0.6) is 5.75 Å². The Morgan fingerprint density at radius 2 is 2.24 bits per heavy atom. The summed E-state index contributed by atoms with van der Waals surface area (Å²) in [6, 6.07) is 1.40. The first-order valence-corrected chi connectivity index (χ1v) is 5.65. The summed E-state index contributed by atoms with van der Waals surface area (Å²) in [5.41, 5.74) is 0.377. The molecule has 0 saturated heterocycles. The Balaban J connectivity index is 2.21. The molecule has 1 aromatic rings. The molecule has 17 heavy (non-hydrogen) atoms. The van der Waals surface area contributed by atoms with Crippen LogP contribution in [0, 0.1) is 0 Å². The molecule has 1 aromatic heterocycles. The van der Waals surface area contributed by atoms with Crippen molar-refractivity contribution in [3.05, 3.63) is 24.0 Å². The summed E-state index contributed by atoms with van der Waals surface area (Å²) in [5, 5.41) is 11.9. The van der Waals surface area contributed by atoms with E-state index in [1.165, 1.54) is 18.5 Å². The van der Waals surface area contributed by atoms with E-state index >= 15 is 0 Å². The molecule has 1 amide bonds. The number of hydrogen-bond donors (Lipinski definition) is 2. The highest BCUT2D eigenvalue weighted by atomic mass is 16.5. The lowest BCUT2D eigenvalue weighted by Crippen LogP contribution is -2.24. The third-order valence-electron chi connectivity index (χ3n) is 2.30. The predicted octanol–water partition coefficient (Wildman–Crippen LogP) is 1.33. The number of hydrogen-bond acceptors (Lipinski definition) is 4. The Labute approximate surface area is 101 Å². The standard InChI is InChI=1S/C12H18N2O3/c1-17-6-4-2-3-5-14-12(16)10-7-11(15)9-13-8-10/h7-9,15H,2-6H2,1H3,(H,14,16). The molecule has 1 heterocycles. The molecule has 0 unspecified atom stereocenters. The highest BCUT2D eigenvalue weighted by molar-refractivity contribution is 5.94. The second-order valence-corrected chi connectivity index (χ2v) is 3.74. The second-order valence-electron chi connectivity index (χ2n) is 3.74. The Bertz CT molecular complexity index is 355. The van der Waals surface area contributed by atoms with Gasteiger partial charge in [0.15, 0.2) is 0 Å². The lowest BCUT2D eigenvalue weighted by Gasteiger charge is -2.05. The fourth-order valence-electron chi connectivity index (χ4n) is 1.40. The molecular formula is C12H18N2O3. The number of aromatic hydroxyl groups is 1. The van der Waals surface area contributed by atoms with Crippen molar-refractivity contribution in [2.24, 2.45) is 0 Å². The van der Waals surface area contributed by atoms with Crippen molar-refractivity contribution >= 4 is 5.91 Å². The number of aromatic nitrogens is 1. The number of pyridine rings is 1. The summed E-state index contributed by atoms with van der Waals surface area (Å²) in [4.78, 5) is 15.3. The molecule has 0 aliphatic heterocycles. The normalized spacial score (nSPS) is 10.2. The summed E-state index contributed by atoms with van der Waals surface area (Å²) < 4.78 is 4.93. The lowest BCUT2D eigenvalue weighted by atomic mass is 10.2. The van der Waals surface area contributed by atoms with Crippen LogP contribution in [0.15, 0.2) is 18.5 Å². The summed E-state index contributed by atoms with van der Waals surface area (Å²) in [5.74, 6) is -0.210. The third-order valence-corrected chi connectivity index (χ3v) is 2.30. The van der Waals surface area contributed by atoms with Gasteiger partial charge in [0.1, 0.15) is 5.75 Å². The third kappa shape index (κ3) is 5.31. The molecule has 0 aliphatic carbocycles. The molecule has 0 aromatic carbocycles. The summed E-state index contributed by atoms with van der Waals surface area (Å²) >= 11 is 0. The minimum Gasteiger partial charge on any atom is -0.506 e. The lowest BCUT2D eigenvalue weighted by molar-refractivity contribution is 0.0952. The number of amides is 1. The number of carbonyl (C=O) groups excluding carboxylic acids is 1. The van der Waals surface area contributed by atoms with E-state index < -0.39 is 0 Å². The van der Waals surface area contributed by atoms with Gasteiger partial charge in [-0.1, -0.05) is 0 Å². The first kappa shape index (κ1) is 13.4. The Kier molecular flexibility index (Phi) is 6.03. The molecule has 1 rings (SSSR count). The van der Waals surface area contributed by atoms with Gasteiger partial charge in [-0.25, -0.2) is 0 Å². The van der Waals surface area contributed by atoms with Gasteiger partial charge in [0.05, 0.1) is 11.8 Å². The molecule has 94 valence electrons. The van der Waals surface area contributed by atoms with Gasteiger partial charge >= 0.3 is 0 Å². The quantitative estimate of drug-likeness (QED) is 0.703. The highest BCUT2D eigenvalue weighted by Gasteiger charge is 2.05. The first-order chi connectivity index (χ1) is 8.24. The zero-order valence-corrected chi connectivity index (χ0v) is 9.98. The average Bonchev–Trinajstić information content (AvgIpc) is 2.33. The van der Waals surface area contributed by atoms with Crippen molar-refractivity contribution in [1.29, 1.82) is 0 Å². The van der Waals surface area contributed by atoms with Crippen LogP contribution in [0.1, 0.15) is 29.6 Å². The summed E-state index contributed by atoms with van der Waals surface area (Å²) in [6.45, 7) is 1.38. The van der Waals surface area contributed by atoms with E-state index in [0.29, 0.717) is 12.1 Å². The molecule has 0 aliphatic rings. The molecule has 5 heteroatoms. The van der Waals surface area contributed by atoms with Crippen LogP contribution in [0.25, 0.3) is 0 Å². The van der Waals surface area contributed by atoms with Crippen LogP contribution >= 0.6 is 0 Å². The van der Waals surface area contributed by atoms with Crippen molar-refractivity contribution in [1.82, 2.24) is 10.3 Å². The van der Waals surface area contributed by atoms with Crippen LogP contribution in [0.3, 0.4) is 0 Å². The van der Waals surface area contributed by atoms with E-state index in [9.17, 15) is 9.90 Å². The van der Waals surface area contributed by atoms with Crippen molar-refractivity contribution in [3.63, 3.8) is 0 Å². The van der Waals surface area contributed by atoms with Crippen molar-refractivity contribution < 1.29 is 14.6 Å². The highest BCUT2D eigenvalue weighted by Crippen LogP contribution is 2.08. The molecule has 0 atom stereocenters. The fraction of sp³-hybridized carbons (Fsp3) is 0.500. The second kappa shape index (κ2) is 7.62. The van der Waals surface area contributed by atoms with Crippen molar-refractivity contribution in [2.75, 3.05) is 20.3 Å². The van der Waals surface area contributed by atoms with Crippen molar-refractivity contribution in [3.8, 4) is 5.75 Å². The zero-order chi connectivity index (χ0) is 12.5. The van der Waals surface area contributed by atoms with Crippen LogP contribution in [0.4, 0.5) is 0 Å². The van der Waals surface area contributed by atoms with E-state index in [2.05, 4.69) is 10.3 Å². The molecule has 0 radical (unpaired) electrons. The molecule has 2 N–H and O–H groups in total. The van der Waals surface area contributed by atoms with E-state index in [0.717, 1.165) is 25.9 Å². The number of unbranched alkanes of at least 4 members (excludes halogenated alkanes) is 2. The maximum Gasteiger partial charge on any atom is 0.252 e. The maximum absolute atomic E-state index is 11.6. The zero-order valence-electron chi connectivity index (χ0n) is 9.98. The fourth-order valence-corrected chi connectivity index (χ4v) is 1.40. The van der Waals surface area contributed by atoms with Crippen LogP contribution in [0.2, 0.25) is 0 Å². The van der Waals surface area contributed by atoms with Crippen LogP contribution < -0.4 is 5.32 Å². The SMILES string of the molecule is COCCCCCNC(=O)c1cncc(O)c1. The van der Waals surface area contributed by atoms with Gasteiger partial charge < -0.3 is 15.2 Å². The predicted molar refractivity (Wildman–Crippen MR) is 64.0 cm³/mol. The number of ether oxygens (including phenoxy) is 1. The van der Waals surface area contributed by atoms with E-state index in [-0.39, 0.29) is 11.7 Å². The number of nitrogens with zero attached hydrogens (tertiary/aromatic N) is 1. The van der Waals surface area contributed by atoms with Gasteiger partial charge in [0.25, 0.3) is 5.91 Å². The first-order valence-electron chi connectivity index (χ1n) is 5.65. The molecule has 0 saturated carbocycles. The smallest absolute Gasteiger partial charge is 0.252 e. The molecule has 0 bridgehead atoms. The van der Waals surface area contributed by atoms with Gasteiger partial charge in [-0.3, -0.25) is 9.78 Å². The average molecular weight is 238 g/mol. The summed E-state index contributed by atoms with van der Waals surface area (Å²) in [7, 11) is 1.68. The van der Waals surface area contributed by atoms with Gasteiger partial charge in [-0.2, -0.15) is 0 Å². The number of methoxy groups -OCH3 is 1. The number of carbonyl (C=O) groups is 1. The Morgan fingerprint density at radius 1 is 1.41 bits per heavy atom. The molecular weight excluding hydrogens is 220 g/mol. The maximum atomic E-state index is 11.6. The van der Waals surface area contributed by atoms with Crippen LogP contribution in [-0.4, -0.2) is 36.3 Å². The molecule has 5 nitrogen and oxygen atoms in total. The minimum absolute atomic E-state index is 0.00209. The Morgan fingerprint density at radius 3 is 2.94 bits per heavy atom. The Hall–Kier alpha value is -1.62. The number of rotatable bonds is 7. The van der Waals surface area contributed by atoms with E-state index in [4.69, 9.17) is 4.74 Å². The van der Waals surface area contributed by atoms with Crippen LogP contribution in [-0.2, 0) is 4.74 Å². The monoisotopic (exact) mass is 238 g/mol. The molecule has 0 fully saturated rings. The summed E-state index contributed by atoms with van der Waals surface area (Å²) in [6.07, 6.45) is 5.66. The van der Waals surface area contributed by atoms with Gasteiger partial charge in [-0.05, 0) is 25.3 Å². The van der Waals surface area contributed by atoms with Crippen molar-refractivity contribution in [2.45, 2.75) is 19.3 Å². The number of nitrogens with one attached hydrogen (secondary N) is 1.